The molecule has 3 atom stereocenters. The summed E-state index contributed by atoms with van der Waals surface area (Å²) in [6.07, 6.45) is 2.86. The van der Waals surface area contributed by atoms with E-state index in [2.05, 4.69) is 5.32 Å². The minimum atomic E-state index is -1.05. The number of aliphatic carboxylic acids is 1. The minimum absolute atomic E-state index is 0.389. The van der Waals surface area contributed by atoms with Gasteiger partial charge in [0.15, 0.2) is 11.5 Å². The first-order chi connectivity index (χ1) is 14.1. The number of carbonyl (C=O) groups excluding carboxylic acids is 2. The molecular formula is C20H24N2O7S. The summed E-state index contributed by atoms with van der Waals surface area (Å²) >= 11 is 1.37. The van der Waals surface area contributed by atoms with E-state index < -0.39 is 34.1 Å². The smallest absolute Gasteiger partial charge is 0.327 e. The van der Waals surface area contributed by atoms with Crippen LogP contribution in [0.5, 0.6) is 17.2 Å². The van der Waals surface area contributed by atoms with Gasteiger partial charge in [-0.3, -0.25) is 9.59 Å². The molecule has 2 aliphatic rings. The number of carbonyl (C=O) groups is 3. The third-order valence-corrected chi connectivity index (χ3v) is 6.66. The van der Waals surface area contributed by atoms with E-state index in [-0.39, 0.29) is 5.91 Å². The third-order valence-electron chi connectivity index (χ3n) is 5.09. The van der Waals surface area contributed by atoms with Gasteiger partial charge in [-0.2, -0.15) is 0 Å². The van der Waals surface area contributed by atoms with Crippen LogP contribution in [0.3, 0.4) is 0 Å². The van der Waals surface area contributed by atoms with E-state index >= 15 is 0 Å². The van der Waals surface area contributed by atoms with Crippen molar-refractivity contribution in [2.45, 2.75) is 36.1 Å². The van der Waals surface area contributed by atoms with E-state index in [0.717, 1.165) is 0 Å². The van der Waals surface area contributed by atoms with Gasteiger partial charge in [-0.1, -0.05) is 0 Å². The lowest BCUT2D eigenvalue weighted by atomic mass is 9.96. The molecule has 2 heterocycles. The lowest BCUT2D eigenvalue weighted by Gasteiger charge is -2.43. The highest BCUT2D eigenvalue weighted by Gasteiger charge is 2.64. The summed E-state index contributed by atoms with van der Waals surface area (Å²) in [6.45, 7) is 3.57. The fraction of sp³-hybridized carbons (Fsp3) is 0.450. The van der Waals surface area contributed by atoms with E-state index in [0.29, 0.717) is 22.8 Å². The Morgan fingerprint density at radius 1 is 1.17 bits per heavy atom. The van der Waals surface area contributed by atoms with Crippen molar-refractivity contribution < 1.29 is 33.7 Å². The van der Waals surface area contributed by atoms with Crippen LogP contribution >= 0.6 is 11.8 Å². The van der Waals surface area contributed by atoms with E-state index in [1.54, 1.807) is 32.1 Å². The average Bonchev–Trinajstić information content (AvgIpc) is 2.97. The zero-order chi connectivity index (χ0) is 22.2. The molecule has 1 aromatic rings. The van der Waals surface area contributed by atoms with Gasteiger partial charge in [0.1, 0.15) is 17.5 Å². The Morgan fingerprint density at radius 2 is 1.77 bits per heavy atom. The summed E-state index contributed by atoms with van der Waals surface area (Å²) in [4.78, 5) is 37.7. The standard InChI is InChI=1S/C20H24N2O7S/c1-20(2)16(19(25)26)22-17(24)14(18(22)30-20)21-13(23)7-6-10-8-11(27-3)15(29-5)12(9-10)28-4/h6-9,14,16,18H,1-5H3,(H,21,23)(H,25,26). The van der Waals surface area contributed by atoms with Crippen LogP contribution < -0.4 is 19.5 Å². The molecule has 2 amide bonds. The number of nitrogens with zero attached hydrogens (tertiary/aromatic N) is 1. The summed E-state index contributed by atoms with van der Waals surface area (Å²) in [5.41, 5.74) is 0.642. The van der Waals surface area contributed by atoms with Crippen LogP contribution in [0.1, 0.15) is 19.4 Å². The molecular weight excluding hydrogens is 412 g/mol. The molecule has 2 fully saturated rings. The zero-order valence-corrected chi connectivity index (χ0v) is 18.1. The van der Waals surface area contributed by atoms with Crippen LogP contribution in [0.15, 0.2) is 18.2 Å². The largest absolute Gasteiger partial charge is 0.493 e. The first-order valence-electron chi connectivity index (χ1n) is 9.16. The molecule has 30 heavy (non-hydrogen) atoms. The second-order valence-electron chi connectivity index (χ2n) is 7.38. The number of hydrogen-bond donors (Lipinski definition) is 2. The zero-order valence-electron chi connectivity index (χ0n) is 17.3. The monoisotopic (exact) mass is 436 g/mol. The number of β-lactam (4-membered cyclic amide) rings is 1. The van der Waals surface area contributed by atoms with Gasteiger partial charge in [-0.05, 0) is 37.6 Å². The summed E-state index contributed by atoms with van der Waals surface area (Å²) < 4.78 is 15.2. The topological polar surface area (TPSA) is 114 Å². The molecule has 9 nitrogen and oxygen atoms in total. The lowest BCUT2D eigenvalue weighted by Crippen LogP contribution is -2.70. The average molecular weight is 436 g/mol. The number of nitrogens with one attached hydrogen (secondary N) is 1. The fourth-order valence-electron chi connectivity index (χ4n) is 3.72. The number of thioether (sulfide) groups is 1. The van der Waals surface area contributed by atoms with Crippen molar-refractivity contribution in [1.29, 1.82) is 0 Å². The number of carboxylic acid groups (broad SMARTS) is 1. The molecule has 0 spiro atoms. The van der Waals surface area contributed by atoms with Crippen molar-refractivity contribution >= 4 is 35.6 Å². The quantitative estimate of drug-likeness (QED) is 0.486. The maximum atomic E-state index is 12.5. The van der Waals surface area contributed by atoms with E-state index in [4.69, 9.17) is 14.2 Å². The second kappa shape index (κ2) is 8.10. The van der Waals surface area contributed by atoms with Gasteiger partial charge in [-0.25, -0.2) is 4.79 Å². The summed E-state index contributed by atoms with van der Waals surface area (Å²) in [5.74, 6) is -0.554. The van der Waals surface area contributed by atoms with E-state index in [1.807, 2.05) is 0 Å². The highest BCUT2D eigenvalue weighted by molar-refractivity contribution is 8.01. The van der Waals surface area contributed by atoms with Crippen LogP contribution in [0, 0.1) is 0 Å². The van der Waals surface area contributed by atoms with Gasteiger partial charge in [-0.15, -0.1) is 11.8 Å². The number of benzene rings is 1. The van der Waals surface area contributed by atoms with Gasteiger partial charge < -0.3 is 29.5 Å². The first-order valence-corrected chi connectivity index (χ1v) is 10.0. The van der Waals surface area contributed by atoms with Crippen molar-refractivity contribution in [3.8, 4) is 17.2 Å². The van der Waals surface area contributed by atoms with E-state index in [9.17, 15) is 19.5 Å². The van der Waals surface area contributed by atoms with E-state index in [1.165, 1.54) is 44.1 Å². The Labute approximate surface area is 178 Å². The normalized spacial score (nSPS) is 24.2. The molecule has 1 aromatic carbocycles. The summed E-state index contributed by atoms with van der Waals surface area (Å²) in [7, 11) is 4.49. The summed E-state index contributed by atoms with van der Waals surface area (Å²) in [5, 5.41) is 11.7. The predicted octanol–water partition coefficient (Wildman–Crippen LogP) is 1.36. The van der Waals surface area contributed by atoms with Gasteiger partial charge >= 0.3 is 5.97 Å². The number of carboxylic acids is 1. The first kappa shape index (κ1) is 21.8. The van der Waals surface area contributed by atoms with Gasteiger partial charge in [0.05, 0.1) is 21.3 Å². The van der Waals surface area contributed by atoms with Crippen LogP contribution in [0.25, 0.3) is 6.08 Å². The maximum Gasteiger partial charge on any atom is 0.327 e. The number of hydrogen-bond acceptors (Lipinski definition) is 7. The highest BCUT2D eigenvalue weighted by atomic mass is 32.2. The Balaban J connectivity index is 1.71. The molecule has 0 bridgehead atoms. The molecule has 3 unspecified atom stereocenters. The van der Waals surface area contributed by atoms with Crippen molar-refractivity contribution in [1.82, 2.24) is 10.2 Å². The van der Waals surface area contributed by atoms with Crippen molar-refractivity contribution in [3.63, 3.8) is 0 Å². The maximum absolute atomic E-state index is 12.5. The molecule has 3 rings (SSSR count). The molecule has 10 heteroatoms. The van der Waals surface area contributed by atoms with Gasteiger partial charge in [0, 0.05) is 10.8 Å². The number of ether oxygens (including phenoxy) is 3. The van der Waals surface area contributed by atoms with Crippen LogP contribution in [-0.2, 0) is 14.4 Å². The molecule has 2 saturated heterocycles. The molecule has 2 aliphatic heterocycles. The molecule has 0 aliphatic carbocycles. The number of methoxy groups -OCH3 is 3. The third kappa shape index (κ3) is 3.67. The van der Waals surface area contributed by atoms with Crippen LogP contribution in [0.2, 0.25) is 0 Å². The second-order valence-corrected chi connectivity index (χ2v) is 9.15. The van der Waals surface area contributed by atoms with Crippen molar-refractivity contribution in [3.05, 3.63) is 23.8 Å². The molecule has 0 radical (unpaired) electrons. The molecule has 0 aromatic heterocycles. The Hall–Kier alpha value is -2.88. The van der Waals surface area contributed by atoms with Gasteiger partial charge in [0.25, 0.3) is 0 Å². The Kier molecular flexibility index (Phi) is 5.89. The number of fused-ring (bicyclic) bond motifs is 1. The summed E-state index contributed by atoms with van der Waals surface area (Å²) in [6, 6.07) is 1.71. The highest BCUT2D eigenvalue weighted by Crippen LogP contribution is 2.50. The Morgan fingerprint density at radius 3 is 2.27 bits per heavy atom. The van der Waals surface area contributed by atoms with Crippen molar-refractivity contribution in [2.24, 2.45) is 0 Å². The van der Waals surface area contributed by atoms with Crippen LogP contribution in [0.4, 0.5) is 0 Å². The number of rotatable bonds is 7. The van der Waals surface area contributed by atoms with Crippen LogP contribution in [-0.4, -0.2) is 71.3 Å². The molecule has 2 N–H and O–H groups in total. The minimum Gasteiger partial charge on any atom is -0.493 e. The van der Waals surface area contributed by atoms with Gasteiger partial charge in [0.2, 0.25) is 17.6 Å². The molecule has 162 valence electrons. The number of amides is 2. The molecule has 0 saturated carbocycles. The SMILES string of the molecule is COc1cc(C=CC(=O)NC2C(=O)N3C2SC(C)(C)C3C(=O)O)cc(OC)c1OC. The Bertz CT molecular complexity index is 889. The predicted molar refractivity (Wildman–Crippen MR) is 111 cm³/mol. The van der Waals surface area contributed by atoms with Crippen molar-refractivity contribution in [2.75, 3.05) is 21.3 Å². The lowest BCUT2D eigenvalue weighted by molar-refractivity contribution is -0.160. The fourth-order valence-corrected chi connectivity index (χ4v) is 5.34.